The molecule has 2 rings (SSSR count). The van der Waals surface area contributed by atoms with Crippen LogP contribution in [0, 0.1) is 0 Å². The largest absolute Gasteiger partial charge is 0.399 e. The van der Waals surface area contributed by atoms with Crippen LogP contribution in [0.5, 0.6) is 0 Å². The summed E-state index contributed by atoms with van der Waals surface area (Å²) < 4.78 is 26.7. The molecule has 0 aliphatic rings. The van der Waals surface area contributed by atoms with Crippen molar-refractivity contribution in [3.8, 4) is 0 Å². The van der Waals surface area contributed by atoms with Gasteiger partial charge in [0.15, 0.2) is 0 Å². The molecule has 9 heteroatoms. The Kier molecular flexibility index (Phi) is 4.29. The Hall–Kier alpha value is -1.21. The Balaban J connectivity index is 2.43. The number of pyridine rings is 1. The van der Waals surface area contributed by atoms with Crippen molar-refractivity contribution in [3.05, 3.63) is 45.5 Å². The molecule has 0 radical (unpaired) electrons. The Morgan fingerprint density at radius 1 is 1.10 bits per heavy atom. The maximum atomic E-state index is 12.2. The summed E-state index contributed by atoms with van der Waals surface area (Å²) in [5.74, 6) is 0.0957. The molecule has 0 fully saturated rings. The van der Waals surface area contributed by atoms with Crippen LogP contribution >= 0.6 is 34.8 Å². The van der Waals surface area contributed by atoms with Gasteiger partial charge in [-0.2, -0.15) is 0 Å². The van der Waals surface area contributed by atoms with E-state index in [4.69, 9.17) is 40.5 Å². The Morgan fingerprint density at radius 3 is 2.20 bits per heavy atom. The predicted octanol–water partition coefficient (Wildman–Crippen LogP) is 3.42. The molecule has 0 saturated carbocycles. The fourth-order valence-corrected chi connectivity index (χ4v) is 3.82. The van der Waals surface area contributed by atoms with E-state index in [2.05, 4.69) is 9.71 Å². The smallest absolute Gasteiger partial charge is 0.266 e. The Morgan fingerprint density at radius 2 is 1.70 bits per heavy atom. The molecule has 3 N–H and O–H groups in total. The topological polar surface area (TPSA) is 85.1 Å². The van der Waals surface area contributed by atoms with Crippen molar-refractivity contribution in [2.75, 3.05) is 10.5 Å². The average molecular weight is 353 g/mol. The summed E-state index contributed by atoms with van der Waals surface area (Å²) in [6, 6.07) is 5.52. The highest BCUT2D eigenvalue weighted by Gasteiger charge is 2.22. The summed E-state index contributed by atoms with van der Waals surface area (Å²) >= 11 is 17.4. The molecule has 2 aromatic rings. The van der Waals surface area contributed by atoms with E-state index in [1.165, 1.54) is 30.5 Å². The van der Waals surface area contributed by atoms with E-state index in [1.807, 2.05) is 0 Å². The summed E-state index contributed by atoms with van der Waals surface area (Å²) in [6.07, 6.45) is 1.31. The number of nitrogen functional groups attached to an aromatic ring is 1. The molecule has 106 valence electrons. The van der Waals surface area contributed by atoms with Gasteiger partial charge in [0.1, 0.15) is 10.7 Å². The van der Waals surface area contributed by atoms with Gasteiger partial charge >= 0.3 is 0 Å². The van der Waals surface area contributed by atoms with Crippen LogP contribution in [0.3, 0.4) is 0 Å². The number of sulfonamides is 1. The normalized spacial score (nSPS) is 11.3. The van der Waals surface area contributed by atoms with Gasteiger partial charge in [0.25, 0.3) is 10.0 Å². The molecule has 1 heterocycles. The highest BCUT2D eigenvalue weighted by molar-refractivity contribution is 7.93. The molecule has 1 aromatic heterocycles. The van der Waals surface area contributed by atoms with Crippen molar-refractivity contribution in [1.82, 2.24) is 4.98 Å². The standard InChI is InChI=1S/C11H8Cl3N3O2S/c12-6-1-2-10(16-5-6)17-20(18,19)11-8(13)3-7(15)4-9(11)14/h1-5H,15H2,(H,16,17). The molecule has 0 spiro atoms. The molecule has 0 unspecified atom stereocenters. The number of benzene rings is 1. The zero-order chi connectivity index (χ0) is 14.9. The van der Waals surface area contributed by atoms with E-state index in [9.17, 15) is 8.42 Å². The summed E-state index contributed by atoms with van der Waals surface area (Å²) in [5.41, 5.74) is 5.80. The van der Waals surface area contributed by atoms with Crippen LogP contribution in [0.2, 0.25) is 15.1 Å². The fourth-order valence-electron chi connectivity index (χ4n) is 1.46. The second-order valence-corrected chi connectivity index (χ2v) is 6.65. The first-order valence-electron chi connectivity index (χ1n) is 5.18. The molecule has 0 aliphatic carbocycles. The second kappa shape index (κ2) is 5.65. The van der Waals surface area contributed by atoms with E-state index in [-0.39, 0.29) is 26.4 Å². The van der Waals surface area contributed by atoms with E-state index in [0.29, 0.717) is 5.02 Å². The molecular weight excluding hydrogens is 345 g/mol. The molecule has 0 atom stereocenters. The third-order valence-electron chi connectivity index (χ3n) is 2.26. The molecule has 0 amide bonds. The van der Waals surface area contributed by atoms with E-state index in [0.717, 1.165) is 0 Å². The molecule has 0 aliphatic heterocycles. The number of halogens is 3. The summed E-state index contributed by atoms with van der Waals surface area (Å²) in [4.78, 5) is 3.58. The maximum Gasteiger partial charge on any atom is 0.266 e. The first kappa shape index (κ1) is 15.2. The van der Waals surface area contributed by atoms with Gasteiger partial charge in [-0.15, -0.1) is 0 Å². The van der Waals surface area contributed by atoms with Crippen LogP contribution in [0.25, 0.3) is 0 Å². The Labute approximate surface area is 130 Å². The lowest BCUT2D eigenvalue weighted by Crippen LogP contribution is -2.15. The van der Waals surface area contributed by atoms with Gasteiger partial charge < -0.3 is 5.73 Å². The molecule has 20 heavy (non-hydrogen) atoms. The second-order valence-electron chi connectivity index (χ2n) is 3.78. The van der Waals surface area contributed by atoms with Crippen molar-refractivity contribution in [2.45, 2.75) is 4.90 Å². The quantitative estimate of drug-likeness (QED) is 0.829. The third kappa shape index (κ3) is 3.27. The van der Waals surface area contributed by atoms with Crippen LogP contribution < -0.4 is 10.5 Å². The van der Waals surface area contributed by atoms with Gasteiger partial charge in [0.2, 0.25) is 0 Å². The van der Waals surface area contributed by atoms with Crippen LogP contribution in [-0.2, 0) is 10.0 Å². The number of hydrogen-bond donors (Lipinski definition) is 2. The molecule has 0 bridgehead atoms. The highest BCUT2D eigenvalue weighted by Crippen LogP contribution is 2.32. The van der Waals surface area contributed by atoms with Gasteiger partial charge in [-0.3, -0.25) is 4.72 Å². The number of anilines is 2. The van der Waals surface area contributed by atoms with Crippen molar-refractivity contribution < 1.29 is 8.42 Å². The SMILES string of the molecule is Nc1cc(Cl)c(S(=O)(=O)Nc2ccc(Cl)cn2)c(Cl)c1. The Bertz CT molecular complexity index is 725. The zero-order valence-electron chi connectivity index (χ0n) is 9.77. The zero-order valence-corrected chi connectivity index (χ0v) is 12.9. The number of nitrogens with two attached hydrogens (primary N) is 1. The maximum absolute atomic E-state index is 12.2. The third-order valence-corrected chi connectivity index (χ3v) is 4.75. The summed E-state index contributed by atoms with van der Waals surface area (Å²) in [6.45, 7) is 0. The minimum Gasteiger partial charge on any atom is -0.399 e. The number of hydrogen-bond acceptors (Lipinski definition) is 4. The highest BCUT2D eigenvalue weighted by atomic mass is 35.5. The van der Waals surface area contributed by atoms with Gasteiger partial charge in [-0.05, 0) is 24.3 Å². The number of nitrogens with one attached hydrogen (secondary N) is 1. The lowest BCUT2D eigenvalue weighted by molar-refractivity contribution is 0.601. The van der Waals surface area contributed by atoms with E-state index >= 15 is 0 Å². The monoisotopic (exact) mass is 351 g/mol. The molecular formula is C11H8Cl3N3O2S. The van der Waals surface area contributed by atoms with Crippen LogP contribution in [-0.4, -0.2) is 13.4 Å². The number of nitrogens with zero attached hydrogens (tertiary/aromatic N) is 1. The van der Waals surface area contributed by atoms with E-state index < -0.39 is 10.0 Å². The molecule has 1 aromatic carbocycles. The van der Waals surface area contributed by atoms with Crippen LogP contribution in [0.15, 0.2) is 35.4 Å². The van der Waals surface area contributed by atoms with Crippen LogP contribution in [0.1, 0.15) is 0 Å². The van der Waals surface area contributed by atoms with Crippen molar-refractivity contribution in [1.29, 1.82) is 0 Å². The summed E-state index contributed by atoms with van der Waals surface area (Å²) in [7, 11) is -3.98. The first-order valence-corrected chi connectivity index (χ1v) is 7.80. The lowest BCUT2D eigenvalue weighted by atomic mass is 10.3. The minimum absolute atomic E-state index is 0.0727. The fraction of sp³-hybridized carbons (Fsp3) is 0. The van der Waals surface area contributed by atoms with Gasteiger partial charge in [-0.1, -0.05) is 34.8 Å². The van der Waals surface area contributed by atoms with Gasteiger partial charge in [0, 0.05) is 11.9 Å². The van der Waals surface area contributed by atoms with Crippen LogP contribution in [0.4, 0.5) is 11.5 Å². The van der Waals surface area contributed by atoms with Crippen molar-refractivity contribution in [2.24, 2.45) is 0 Å². The number of aromatic nitrogens is 1. The molecule has 0 saturated heterocycles. The number of rotatable bonds is 3. The summed E-state index contributed by atoms with van der Waals surface area (Å²) in [5, 5.41) is 0.240. The van der Waals surface area contributed by atoms with Gasteiger partial charge in [-0.25, -0.2) is 13.4 Å². The van der Waals surface area contributed by atoms with Gasteiger partial charge in [0.05, 0.1) is 15.1 Å². The average Bonchev–Trinajstić information content (AvgIpc) is 2.30. The first-order chi connectivity index (χ1) is 9.29. The molecule has 5 nitrogen and oxygen atoms in total. The predicted molar refractivity (Wildman–Crippen MR) is 80.9 cm³/mol. The van der Waals surface area contributed by atoms with E-state index in [1.54, 1.807) is 0 Å². The minimum atomic E-state index is -3.98. The van der Waals surface area contributed by atoms with Crippen molar-refractivity contribution >= 4 is 56.3 Å². The van der Waals surface area contributed by atoms with Crippen molar-refractivity contribution in [3.63, 3.8) is 0 Å². The lowest BCUT2D eigenvalue weighted by Gasteiger charge is -2.11.